The number of H-pyrrole nitrogens is 1. The molecule has 3 nitrogen and oxygen atoms in total. The van der Waals surface area contributed by atoms with Gasteiger partial charge in [-0.2, -0.15) is 0 Å². The fourth-order valence-corrected chi connectivity index (χ4v) is 3.39. The minimum absolute atomic E-state index is 0.101. The maximum Gasteiger partial charge on any atom is 0.178 e. The number of rotatable bonds is 2. The van der Waals surface area contributed by atoms with Gasteiger partial charge in [-0.25, -0.2) is 4.39 Å². The highest BCUT2D eigenvalue weighted by atomic mass is 79.9. The van der Waals surface area contributed by atoms with Crippen LogP contribution in [0, 0.1) is 10.6 Å². The van der Waals surface area contributed by atoms with Gasteiger partial charge in [0, 0.05) is 12.7 Å². The van der Waals surface area contributed by atoms with Gasteiger partial charge in [-0.05, 0) is 54.0 Å². The first-order chi connectivity index (χ1) is 9.08. The quantitative estimate of drug-likeness (QED) is 0.821. The van der Waals surface area contributed by atoms with Crippen LogP contribution in [0.3, 0.4) is 0 Å². The van der Waals surface area contributed by atoms with Gasteiger partial charge in [-0.3, -0.25) is 0 Å². The SMILES string of the molecule is CC(C1CCCO1)n1c(=S)[nH]c2cc(Br)c(F)cc21. The number of halogens is 2. The largest absolute Gasteiger partial charge is 0.376 e. The van der Waals surface area contributed by atoms with Crippen LogP contribution in [-0.2, 0) is 4.74 Å². The van der Waals surface area contributed by atoms with Crippen molar-refractivity contribution in [3.8, 4) is 0 Å². The number of ether oxygens (including phenoxy) is 1. The molecule has 1 aliphatic heterocycles. The molecule has 0 radical (unpaired) electrons. The van der Waals surface area contributed by atoms with Crippen molar-refractivity contribution in [2.45, 2.75) is 31.9 Å². The van der Waals surface area contributed by atoms with Crippen LogP contribution in [0.25, 0.3) is 11.0 Å². The van der Waals surface area contributed by atoms with Crippen LogP contribution in [-0.4, -0.2) is 22.3 Å². The van der Waals surface area contributed by atoms with E-state index in [2.05, 4.69) is 27.8 Å². The summed E-state index contributed by atoms with van der Waals surface area (Å²) < 4.78 is 22.5. The predicted octanol–water partition coefficient (Wildman–Crippen LogP) is 4.34. The minimum Gasteiger partial charge on any atom is -0.376 e. The third kappa shape index (κ3) is 2.26. The second-order valence-corrected chi connectivity index (χ2v) is 6.12. The Morgan fingerprint density at radius 1 is 1.58 bits per heavy atom. The number of nitrogens with zero attached hydrogens (tertiary/aromatic N) is 1. The molecule has 2 unspecified atom stereocenters. The third-order valence-corrected chi connectivity index (χ3v) is 4.58. The Bertz CT molecular complexity index is 675. The number of aromatic nitrogens is 2. The molecule has 2 heterocycles. The molecule has 2 atom stereocenters. The van der Waals surface area contributed by atoms with Crippen molar-refractivity contribution >= 4 is 39.2 Å². The number of aromatic amines is 1. The zero-order valence-corrected chi connectivity index (χ0v) is 12.9. The Morgan fingerprint density at radius 2 is 2.37 bits per heavy atom. The molecule has 1 aliphatic rings. The highest BCUT2D eigenvalue weighted by Gasteiger charge is 2.25. The summed E-state index contributed by atoms with van der Waals surface area (Å²) >= 11 is 8.56. The molecule has 0 amide bonds. The van der Waals surface area contributed by atoms with Crippen LogP contribution >= 0.6 is 28.1 Å². The van der Waals surface area contributed by atoms with E-state index in [0.717, 1.165) is 30.5 Å². The van der Waals surface area contributed by atoms with Crippen LogP contribution in [0.2, 0.25) is 0 Å². The minimum atomic E-state index is -0.283. The average molecular weight is 345 g/mol. The standard InChI is InChI=1S/C13H14BrFN2OS/c1-7(12-3-2-4-18-12)17-11-6-9(15)8(14)5-10(11)16-13(17)19/h5-7,12H,2-4H2,1H3,(H,16,19). The molecule has 1 fully saturated rings. The fourth-order valence-electron chi connectivity index (χ4n) is 2.67. The van der Waals surface area contributed by atoms with Crippen molar-refractivity contribution in [1.82, 2.24) is 9.55 Å². The summed E-state index contributed by atoms with van der Waals surface area (Å²) in [5, 5.41) is 0. The van der Waals surface area contributed by atoms with Crippen molar-refractivity contribution in [2.75, 3.05) is 6.61 Å². The Balaban J connectivity index is 2.14. The van der Waals surface area contributed by atoms with Crippen molar-refractivity contribution < 1.29 is 9.13 Å². The van der Waals surface area contributed by atoms with Gasteiger partial charge in [0.15, 0.2) is 4.77 Å². The van der Waals surface area contributed by atoms with Gasteiger partial charge in [0.05, 0.1) is 27.7 Å². The summed E-state index contributed by atoms with van der Waals surface area (Å²) in [5.74, 6) is -0.283. The van der Waals surface area contributed by atoms with Crippen LogP contribution < -0.4 is 0 Å². The molecule has 6 heteroatoms. The fraction of sp³-hybridized carbons (Fsp3) is 0.462. The molecule has 0 saturated carbocycles. The number of benzene rings is 1. The van der Waals surface area contributed by atoms with E-state index in [1.165, 1.54) is 6.07 Å². The molecular weight excluding hydrogens is 331 g/mol. The van der Waals surface area contributed by atoms with E-state index in [9.17, 15) is 4.39 Å². The molecule has 2 aromatic rings. The molecule has 19 heavy (non-hydrogen) atoms. The van der Waals surface area contributed by atoms with E-state index in [0.29, 0.717) is 9.24 Å². The molecule has 0 spiro atoms. The summed E-state index contributed by atoms with van der Waals surface area (Å²) in [6, 6.07) is 3.33. The van der Waals surface area contributed by atoms with Gasteiger partial charge in [0.25, 0.3) is 0 Å². The van der Waals surface area contributed by atoms with E-state index in [1.807, 2.05) is 4.57 Å². The summed E-state index contributed by atoms with van der Waals surface area (Å²) in [6.45, 7) is 2.86. The van der Waals surface area contributed by atoms with E-state index >= 15 is 0 Å². The van der Waals surface area contributed by atoms with Crippen LogP contribution in [0.15, 0.2) is 16.6 Å². The number of imidazole rings is 1. The lowest BCUT2D eigenvalue weighted by Crippen LogP contribution is -2.20. The lowest BCUT2D eigenvalue weighted by molar-refractivity contribution is 0.0741. The summed E-state index contributed by atoms with van der Waals surface area (Å²) in [7, 11) is 0. The monoisotopic (exact) mass is 344 g/mol. The van der Waals surface area contributed by atoms with E-state index in [1.54, 1.807) is 6.07 Å². The van der Waals surface area contributed by atoms with Crippen LogP contribution in [0.5, 0.6) is 0 Å². The molecule has 3 rings (SSSR count). The highest BCUT2D eigenvalue weighted by Crippen LogP contribution is 2.30. The van der Waals surface area contributed by atoms with Gasteiger partial charge in [-0.15, -0.1) is 0 Å². The molecule has 1 aromatic carbocycles. The molecule has 0 bridgehead atoms. The molecule has 1 saturated heterocycles. The lowest BCUT2D eigenvalue weighted by atomic mass is 10.1. The number of hydrogen-bond donors (Lipinski definition) is 1. The van der Waals surface area contributed by atoms with Gasteiger partial charge < -0.3 is 14.3 Å². The smallest absolute Gasteiger partial charge is 0.178 e. The summed E-state index contributed by atoms with van der Waals surface area (Å²) in [5.41, 5.74) is 1.62. The van der Waals surface area contributed by atoms with E-state index < -0.39 is 0 Å². The van der Waals surface area contributed by atoms with E-state index in [4.69, 9.17) is 17.0 Å². The highest BCUT2D eigenvalue weighted by molar-refractivity contribution is 9.10. The van der Waals surface area contributed by atoms with Gasteiger partial charge in [0.2, 0.25) is 0 Å². The average Bonchev–Trinajstić information content (AvgIpc) is 2.97. The molecule has 1 N–H and O–H groups in total. The number of fused-ring (bicyclic) bond motifs is 1. The van der Waals surface area contributed by atoms with Crippen molar-refractivity contribution in [1.29, 1.82) is 0 Å². The number of nitrogens with one attached hydrogen (secondary N) is 1. The van der Waals surface area contributed by atoms with Crippen LogP contribution in [0.1, 0.15) is 25.8 Å². The Labute approximate surface area is 123 Å². The Morgan fingerprint density at radius 3 is 3.05 bits per heavy atom. The van der Waals surface area contributed by atoms with Crippen molar-refractivity contribution in [2.24, 2.45) is 0 Å². The molecule has 102 valence electrons. The molecule has 0 aliphatic carbocycles. The zero-order valence-electron chi connectivity index (χ0n) is 10.5. The number of hydrogen-bond acceptors (Lipinski definition) is 2. The van der Waals surface area contributed by atoms with Gasteiger partial charge in [0.1, 0.15) is 5.82 Å². The normalized spacial score (nSPS) is 21.1. The molecule has 1 aromatic heterocycles. The third-order valence-electron chi connectivity index (χ3n) is 3.67. The Hall–Kier alpha value is -0.720. The zero-order chi connectivity index (χ0) is 13.6. The second kappa shape index (κ2) is 5.00. The molecular formula is C13H14BrFN2OS. The van der Waals surface area contributed by atoms with E-state index in [-0.39, 0.29) is 18.0 Å². The van der Waals surface area contributed by atoms with Crippen molar-refractivity contribution in [3.05, 3.63) is 27.2 Å². The van der Waals surface area contributed by atoms with Gasteiger partial charge >= 0.3 is 0 Å². The topological polar surface area (TPSA) is 29.9 Å². The van der Waals surface area contributed by atoms with Gasteiger partial charge in [-0.1, -0.05) is 0 Å². The first-order valence-corrected chi connectivity index (χ1v) is 7.49. The second-order valence-electron chi connectivity index (χ2n) is 4.88. The first kappa shape index (κ1) is 13.3. The maximum atomic E-state index is 13.7. The maximum absolute atomic E-state index is 13.7. The first-order valence-electron chi connectivity index (χ1n) is 6.29. The van der Waals surface area contributed by atoms with Crippen LogP contribution in [0.4, 0.5) is 4.39 Å². The van der Waals surface area contributed by atoms with Crippen molar-refractivity contribution in [3.63, 3.8) is 0 Å². The summed E-state index contributed by atoms with van der Waals surface area (Å²) in [6.07, 6.45) is 2.25. The summed E-state index contributed by atoms with van der Waals surface area (Å²) in [4.78, 5) is 3.13. The lowest BCUT2D eigenvalue weighted by Gasteiger charge is -2.20. The Kier molecular flexibility index (Phi) is 3.49. The predicted molar refractivity (Wildman–Crippen MR) is 78.5 cm³/mol.